The maximum Gasteiger partial charge on any atom is 0.224 e. The summed E-state index contributed by atoms with van der Waals surface area (Å²) in [7, 11) is 0. The highest BCUT2D eigenvalue weighted by Gasteiger charge is 2.25. The van der Waals surface area contributed by atoms with Crippen molar-refractivity contribution in [2.75, 3.05) is 6.54 Å². The number of halogens is 2. The summed E-state index contributed by atoms with van der Waals surface area (Å²) < 4.78 is 0. The van der Waals surface area contributed by atoms with Gasteiger partial charge in [-0.2, -0.15) is 0 Å². The van der Waals surface area contributed by atoms with Crippen molar-refractivity contribution in [2.24, 2.45) is 17.1 Å². The second kappa shape index (κ2) is 7.48. The Hall–Kier alpha value is -0.770. The third-order valence-corrected chi connectivity index (χ3v) is 3.86. The molecule has 5 heteroatoms. The highest BCUT2D eigenvalue weighted by atomic mass is 35.5. The average molecular weight is 331 g/mol. The Balaban J connectivity index is 2.76. The summed E-state index contributed by atoms with van der Waals surface area (Å²) in [6.07, 6.45) is 0.746. The van der Waals surface area contributed by atoms with Crippen LogP contribution >= 0.6 is 23.2 Å². The Morgan fingerprint density at radius 3 is 2.43 bits per heavy atom. The van der Waals surface area contributed by atoms with Gasteiger partial charge in [-0.1, -0.05) is 50.0 Å². The van der Waals surface area contributed by atoms with Gasteiger partial charge in [-0.3, -0.25) is 4.79 Å². The first-order valence-electron chi connectivity index (χ1n) is 7.09. The zero-order valence-electron chi connectivity index (χ0n) is 13.0. The quantitative estimate of drug-likeness (QED) is 0.850. The molecule has 0 saturated carbocycles. The minimum absolute atomic E-state index is 0.0362. The molecule has 1 rings (SSSR count). The van der Waals surface area contributed by atoms with Gasteiger partial charge in [0.05, 0.1) is 12.0 Å². The molecule has 2 atom stereocenters. The van der Waals surface area contributed by atoms with Crippen molar-refractivity contribution in [2.45, 2.75) is 40.2 Å². The van der Waals surface area contributed by atoms with E-state index in [-0.39, 0.29) is 23.3 Å². The van der Waals surface area contributed by atoms with Gasteiger partial charge in [0.15, 0.2) is 0 Å². The molecule has 0 bridgehead atoms. The topological polar surface area (TPSA) is 55.1 Å². The van der Waals surface area contributed by atoms with Crippen LogP contribution in [0.3, 0.4) is 0 Å². The van der Waals surface area contributed by atoms with Crippen LogP contribution in [0.15, 0.2) is 18.2 Å². The van der Waals surface area contributed by atoms with Crippen molar-refractivity contribution in [1.82, 2.24) is 5.32 Å². The van der Waals surface area contributed by atoms with Gasteiger partial charge in [-0.15, -0.1) is 0 Å². The Bertz CT molecular complexity index is 498. The molecule has 1 aromatic rings. The van der Waals surface area contributed by atoms with Crippen LogP contribution in [0, 0.1) is 11.3 Å². The van der Waals surface area contributed by atoms with Gasteiger partial charge >= 0.3 is 0 Å². The fourth-order valence-corrected chi connectivity index (χ4v) is 2.86. The fraction of sp³-hybridized carbons (Fsp3) is 0.562. The molecule has 0 saturated heterocycles. The standard InChI is InChI=1S/C16H24Cl2N2O/c1-10(13-6-5-12(17)7-14(13)18)20-15(21)11(9-19)8-16(2,3)4/h5-7,10-11H,8-9,19H2,1-4H3,(H,20,21). The highest BCUT2D eigenvalue weighted by molar-refractivity contribution is 6.35. The first-order chi connectivity index (χ1) is 9.64. The van der Waals surface area contributed by atoms with Crippen LogP contribution in [0.4, 0.5) is 0 Å². The Kier molecular flexibility index (Phi) is 6.51. The third-order valence-electron chi connectivity index (χ3n) is 3.30. The van der Waals surface area contributed by atoms with Gasteiger partial charge in [0.25, 0.3) is 0 Å². The number of carbonyl (C=O) groups excluding carboxylic acids is 1. The van der Waals surface area contributed by atoms with Crippen LogP contribution in [0.25, 0.3) is 0 Å². The predicted molar refractivity (Wildman–Crippen MR) is 89.6 cm³/mol. The van der Waals surface area contributed by atoms with E-state index in [1.54, 1.807) is 12.1 Å². The van der Waals surface area contributed by atoms with E-state index in [4.69, 9.17) is 28.9 Å². The largest absolute Gasteiger partial charge is 0.349 e. The van der Waals surface area contributed by atoms with Crippen molar-refractivity contribution in [3.63, 3.8) is 0 Å². The van der Waals surface area contributed by atoms with Gasteiger partial charge in [0, 0.05) is 16.6 Å². The van der Waals surface area contributed by atoms with Crippen molar-refractivity contribution in [1.29, 1.82) is 0 Å². The van der Waals surface area contributed by atoms with Gasteiger partial charge in [0.1, 0.15) is 0 Å². The number of hydrogen-bond acceptors (Lipinski definition) is 2. The number of rotatable bonds is 5. The molecule has 0 heterocycles. The van der Waals surface area contributed by atoms with E-state index in [2.05, 4.69) is 26.1 Å². The van der Waals surface area contributed by atoms with Gasteiger partial charge < -0.3 is 11.1 Å². The minimum Gasteiger partial charge on any atom is -0.349 e. The Morgan fingerprint density at radius 2 is 1.95 bits per heavy atom. The Morgan fingerprint density at radius 1 is 1.33 bits per heavy atom. The summed E-state index contributed by atoms with van der Waals surface area (Å²) >= 11 is 12.1. The lowest BCUT2D eigenvalue weighted by Crippen LogP contribution is -2.38. The predicted octanol–water partition coefficient (Wildman–Crippen LogP) is 4.18. The molecule has 3 N–H and O–H groups in total. The summed E-state index contributed by atoms with van der Waals surface area (Å²) in [5.74, 6) is -0.232. The van der Waals surface area contributed by atoms with E-state index in [9.17, 15) is 4.79 Å². The normalized spacial score (nSPS) is 14.6. The second-order valence-corrected chi connectivity index (χ2v) is 7.44. The van der Waals surface area contributed by atoms with Gasteiger partial charge in [-0.25, -0.2) is 0 Å². The maximum atomic E-state index is 12.4. The van der Waals surface area contributed by atoms with E-state index in [1.165, 1.54) is 0 Å². The SMILES string of the molecule is CC(NC(=O)C(CN)CC(C)(C)C)c1ccc(Cl)cc1Cl. The summed E-state index contributed by atoms with van der Waals surface area (Å²) in [6.45, 7) is 8.54. The van der Waals surface area contributed by atoms with E-state index in [0.29, 0.717) is 16.6 Å². The summed E-state index contributed by atoms with van der Waals surface area (Å²) in [5, 5.41) is 4.11. The van der Waals surface area contributed by atoms with Crippen LogP contribution in [0.1, 0.15) is 45.7 Å². The molecule has 0 spiro atoms. The van der Waals surface area contributed by atoms with Crippen LogP contribution in [0.2, 0.25) is 10.0 Å². The van der Waals surface area contributed by atoms with E-state index >= 15 is 0 Å². The van der Waals surface area contributed by atoms with Crippen molar-refractivity contribution in [3.8, 4) is 0 Å². The molecule has 1 aromatic carbocycles. The summed E-state index contributed by atoms with van der Waals surface area (Å²) in [4.78, 5) is 12.4. The number of benzene rings is 1. The maximum absolute atomic E-state index is 12.4. The van der Waals surface area contributed by atoms with Crippen LogP contribution in [0.5, 0.6) is 0 Å². The zero-order valence-corrected chi connectivity index (χ0v) is 14.6. The number of carbonyl (C=O) groups is 1. The molecule has 1 amide bonds. The minimum atomic E-state index is -0.196. The number of amides is 1. The van der Waals surface area contributed by atoms with Crippen LogP contribution < -0.4 is 11.1 Å². The lowest BCUT2D eigenvalue weighted by Gasteiger charge is -2.26. The molecule has 0 radical (unpaired) electrons. The molecule has 118 valence electrons. The lowest BCUT2D eigenvalue weighted by molar-refractivity contribution is -0.126. The fourth-order valence-electron chi connectivity index (χ4n) is 2.28. The van der Waals surface area contributed by atoms with Crippen molar-refractivity contribution >= 4 is 29.1 Å². The number of nitrogens with two attached hydrogens (primary N) is 1. The van der Waals surface area contributed by atoms with E-state index in [1.807, 2.05) is 13.0 Å². The van der Waals surface area contributed by atoms with Gasteiger partial charge in [0.2, 0.25) is 5.91 Å². The first-order valence-corrected chi connectivity index (χ1v) is 7.85. The monoisotopic (exact) mass is 330 g/mol. The molecule has 0 aliphatic carbocycles. The molecular formula is C16H24Cl2N2O. The molecule has 0 fully saturated rings. The number of nitrogens with one attached hydrogen (secondary N) is 1. The summed E-state index contributed by atoms with van der Waals surface area (Å²) in [6, 6.07) is 5.09. The van der Waals surface area contributed by atoms with Crippen LogP contribution in [-0.2, 0) is 4.79 Å². The second-order valence-electron chi connectivity index (χ2n) is 6.59. The van der Waals surface area contributed by atoms with Crippen molar-refractivity contribution < 1.29 is 4.79 Å². The molecular weight excluding hydrogens is 307 g/mol. The van der Waals surface area contributed by atoms with Crippen LogP contribution in [-0.4, -0.2) is 12.5 Å². The zero-order chi connectivity index (χ0) is 16.2. The molecule has 0 aromatic heterocycles. The average Bonchev–Trinajstić information content (AvgIpc) is 2.34. The van der Waals surface area contributed by atoms with E-state index < -0.39 is 0 Å². The molecule has 21 heavy (non-hydrogen) atoms. The highest BCUT2D eigenvalue weighted by Crippen LogP contribution is 2.28. The molecule has 3 nitrogen and oxygen atoms in total. The molecule has 2 unspecified atom stereocenters. The number of hydrogen-bond donors (Lipinski definition) is 2. The van der Waals surface area contributed by atoms with E-state index in [0.717, 1.165) is 12.0 Å². The lowest BCUT2D eigenvalue weighted by atomic mass is 9.84. The first kappa shape index (κ1) is 18.3. The molecule has 0 aliphatic rings. The third kappa shape index (κ3) is 5.85. The smallest absolute Gasteiger partial charge is 0.224 e. The van der Waals surface area contributed by atoms with Gasteiger partial charge in [-0.05, 0) is 36.5 Å². The Labute approximate surface area is 137 Å². The van der Waals surface area contributed by atoms with Crippen molar-refractivity contribution in [3.05, 3.63) is 33.8 Å². The summed E-state index contributed by atoms with van der Waals surface area (Å²) in [5.41, 5.74) is 6.65. The molecule has 0 aliphatic heterocycles.